The minimum absolute atomic E-state index is 0.138. The Morgan fingerprint density at radius 3 is 2.63 bits per heavy atom. The van der Waals surface area contributed by atoms with Crippen LogP contribution in [0.4, 0.5) is 5.82 Å². The van der Waals surface area contributed by atoms with Gasteiger partial charge in [0.25, 0.3) is 5.56 Å². The molecule has 0 spiro atoms. The number of hydrogen-bond donors (Lipinski definition) is 1. The summed E-state index contributed by atoms with van der Waals surface area (Å²) in [5.74, 6) is 0.779. The maximum absolute atomic E-state index is 11.6. The number of carbonyl (C=O) groups excluding carboxylic acids is 1. The van der Waals surface area contributed by atoms with E-state index in [2.05, 4.69) is 14.7 Å². The van der Waals surface area contributed by atoms with E-state index >= 15 is 0 Å². The fraction of sp³-hybridized carbons (Fsp3) is 0.615. The lowest BCUT2D eigenvalue weighted by Crippen LogP contribution is -2.31. The highest BCUT2D eigenvalue weighted by Crippen LogP contribution is 2.13. The van der Waals surface area contributed by atoms with Crippen molar-refractivity contribution in [1.29, 1.82) is 0 Å². The molecule has 1 heterocycles. The molecule has 0 radical (unpaired) electrons. The van der Waals surface area contributed by atoms with Gasteiger partial charge in [-0.1, -0.05) is 20.8 Å². The summed E-state index contributed by atoms with van der Waals surface area (Å²) >= 11 is 0. The number of hydrogen-bond acceptors (Lipinski definition) is 5. The highest BCUT2D eigenvalue weighted by atomic mass is 16.5. The van der Waals surface area contributed by atoms with Gasteiger partial charge in [-0.15, -0.1) is 0 Å². The highest BCUT2D eigenvalue weighted by Gasteiger charge is 2.17. The summed E-state index contributed by atoms with van der Waals surface area (Å²) in [4.78, 5) is 31.8. The van der Waals surface area contributed by atoms with Gasteiger partial charge in [-0.25, -0.2) is 4.98 Å². The van der Waals surface area contributed by atoms with E-state index in [9.17, 15) is 9.59 Å². The number of H-pyrrole nitrogens is 1. The van der Waals surface area contributed by atoms with Crippen LogP contribution in [0.1, 0.15) is 32.5 Å². The van der Waals surface area contributed by atoms with E-state index in [4.69, 9.17) is 0 Å². The fourth-order valence-electron chi connectivity index (χ4n) is 1.71. The molecule has 0 fully saturated rings. The van der Waals surface area contributed by atoms with E-state index < -0.39 is 0 Å². The quantitative estimate of drug-likeness (QED) is 0.810. The first kappa shape index (κ1) is 15.2. The molecule has 6 heteroatoms. The van der Waals surface area contributed by atoms with Crippen LogP contribution in [0.5, 0.6) is 0 Å². The van der Waals surface area contributed by atoms with Gasteiger partial charge in [0.05, 0.1) is 13.0 Å². The van der Waals surface area contributed by atoms with Crippen molar-refractivity contribution in [2.75, 3.05) is 25.6 Å². The zero-order valence-corrected chi connectivity index (χ0v) is 12.1. The van der Waals surface area contributed by atoms with Gasteiger partial charge in [0.15, 0.2) is 0 Å². The lowest BCUT2D eigenvalue weighted by molar-refractivity contribution is -0.144. The maximum atomic E-state index is 11.6. The van der Waals surface area contributed by atoms with Gasteiger partial charge in [0.1, 0.15) is 11.6 Å². The number of methoxy groups -OCH3 is 1. The predicted molar refractivity (Wildman–Crippen MR) is 73.4 cm³/mol. The van der Waals surface area contributed by atoms with Crippen LogP contribution < -0.4 is 10.5 Å². The molecule has 19 heavy (non-hydrogen) atoms. The molecule has 6 nitrogen and oxygen atoms in total. The molecule has 0 aliphatic carbocycles. The standard InChI is InChI=1S/C13H21N3O3/c1-8(2)12-14-10(6-11(17)15-12)16(4)7-9(3)13(18)19-5/h6,8-9H,7H2,1-5H3,(H,14,15,17). The minimum Gasteiger partial charge on any atom is -0.469 e. The second-order valence-electron chi connectivity index (χ2n) is 4.95. The van der Waals surface area contributed by atoms with E-state index in [1.807, 2.05) is 13.8 Å². The molecule has 1 rings (SSSR count). The van der Waals surface area contributed by atoms with Crippen LogP contribution in [0.15, 0.2) is 10.9 Å². The van der Waals surface area contributed by atoms with E-state index in [0.717, 1.165) is 0 Å². The molecule has 1 aromatic heterocycles. The van der Waals surface area contributed by atoms with Crippen molar-refractivity contribution >= 4 is 11.8 Å². The Kier molecular flexibility index (Phi) is 5.09. The van der Waals surface area contributed by atoms with Gasteiger partial charge < -0.3 is 14.6 Å². The van der Waals surface area contributed by atoms with Crippen molar-refractivity contribution in [2.24, 2.45) is 5.92 Å². The van der Waals surface area contributed by atoms with Gasteiger partial charge in [-0.3, -0.25) is 9.59 Å². The molecule has 1 aromatic rings. The Morgan fingerprint density at radius 2 is 2.11 bits per heavy atom. The number of carbonyl (C=O) groups is 1. The Labute approximate surface area is 112 Å². The van der Waals surface area contributed by atoms with Crippen LogP contribution in [0.3, 0.4) is 0 Å². The van der Waals surface area contributed by atoms with E-state index in [1.54, 1.807) is 18.9 Å². The monoisotopic (exact) mass is 267 g/mol. The molecule has 0 saturated heterocycles. The van der Waals surface area contributed by atoms with Crippen molar-refractivity contribution < 1.29 is 9.53 Å². The van der Waals surface area contributed by atoms with Crippen LogP contribution >= 0.6 is 0 Å². The number of aromatic nitrogens is 2. The fourth-order valence-corrected chi connectivity index (χ4v) is 1.71. The normalized spacial score (nSPS) is 12.3. The van der Waals surface area contributed by atoms with Crippen molar-refractivity contribution in [3.8, 4) is 0 Å². The number of esters is 1. The van der Waals surface area contributed by atoms with E-state index in [0.29, 0.717) is 18.2 Å². The van der Waals surface area contributed by atoms with Crippen LogP contribution in [-0.4, -0.2) is 36.6 Å². The predicted octanol–water partition coefficient (Wildman–Crippen LogP) is 1.14. The molecule has 1 atom stereocenters. The van der Waals surface area contributed by atoms with Crippen LogP contribution in [-0.2, 0) is 9.53 Å². The largest absolute Gasteiger partial charge is 0.469 e. The van der Waals surface area contributed by atoms with Crippen LogP contribution in [0.2, 0.25) is 0 Å². The molecule has 106 valence electrons. The van der Waals surface area contributed by atoms with Crippen LogP contribution in [0, 0.1) is 5.92 Å². The molecule has 0 saturated carbocycles. The number of rotatable bonds is 5. The van der Waals surface area contributed by atoms with Crippen LogP contribution in [0.25, 0.3) is 0 Å². The first-order chi connectivity index (χ1) is 8.85. The Bertz CT molecular complexity index is 496. The molecular formula is C13H21N3O3. The number of ether oxygens (including phenoxy) is 1. The van der Waals surface area contributed by atoms with E-state index in [-0.39, 0.29) is 23.4 Å². The van der Waals surface area contributed by atoms with E-state index in [1.165, 1.54) is 13.2 Å². The first-order valence-corrected chi connectivity index (χ1v) is 6.25. The molecule has 0 aliphatic heterocycles. The maximum Gasteiger partial charge on any atom is 0.310 e. The molecule has 0 aliphatic rings. The molecule has 1 unspecified atom stereocenters. The van der Waals surface area contributed by atoms with Gasteiger partial charge >= 0.3 is 5.97 Å². The zero-order valence-electron chi connectivity index (χ0n) is 12.1. The number of anilines is 1. The van der Waals surface area contributed by atoms with Gasteiger partial charge in [-0.2, -0.15) is 0 Å². The van der Waals surface area contributed by atoms with Crippen molar-refractivity contribution in [1.82, 2.24) is 9.97 Å². The topological polar surface area (TPSA) is 75.3 Å². The molecule has 0 amide bonds. The summed E-state index contributed by atoms with van der Waals surface area (Å²) in [5.41, 5.74) is -0.189. The minimum atomic E-state index is -0.279. The average Bonchev–Trinajstić information content (AvgIpc) is 2.36. The summed E-state index contributed by atoms with van der Waals surface area (Å²) in [5, 5.41) is 0. The second kappa shape index (κ2) is 6.36. The Hall–Kier alpha value is -1.85. The van der Waals surface area contributed by atoms with Gasteiger partial charge in [0, 0.05) is 25.6 Å². The molecule has 1 N–H and O–H groups in total. The smallest absolute Gasteiger partial charge is 0.310 e. The highest BCUT2D eigenvalue weighted by molar-refractivity contribution is 5.72. The summed E-state index contributed by atoms with van der Waals surface area (Å²) < 4.78 is 4.68. The summed E-state index contributed by atoms with van der Waals surface area (Å²) in [6.45, 7) is 6.14. The number of nitrogens with one attached hydrogen (secondary N) is 1. The third-order valence-electron chi connectivity index (χ3n) is 2.84. The SMILES string of the molecule is COC(=O)C(C)CN(C)c1cc(=O)[nH]c(C(C)C)n1. The number of nitrogens with zero attached hydrogens (tertiary/aromatic N) is 2. The second-order valence-corrected chi connectivity index (χ2v) is 4.95. The van der Waals surface area contributed by atoms with Crippen molar-refractivity contribution in [3.63, 3.8) is 0 Å². The number of aromatic amines is 1. The lowest BCUT2D eigenvalue weighted by Gasteiger charge is -2.21. The third kappa shape index (κ3) is 4.08. The molecular weight excluding hydrogens is 246 g/mol. The van der Waals surface area contributed by atoms with Gasteiger partial charge in [0.2, 0.25) is 0 Å². The lowest BCUT2D eigenvalue weighted by atomic mass is 10.1. The third-order valence-corrected chi connectivity index (χ3v) is 2.84. The average molecular weight is 267 g/mol. The van der Waals surface area contributed by atoms with Gasteiger partial charge in [-0.05, 0) is 0 Å². The zero-order chi connectivity index (χ0) is 14.6. The molecule has 0 aromatic carbocycles. The Balaban J connectivity index is 2.90. The summed E-state index contributed by atoms with van der Waals surface area (Å²) in [7, 11) is 3.16. The summed E-state index contributed by atoms with van der Waals surface area (Å²) in [6, 6.07) is 1.43. The summed E-state index contributed by atoms with van der Waals surface area (Å²) in [6.07, 6.45) is 0. The Morgan fingerprint density at radius 1 is 1.47 bits per heavy atom. The molecule has 0 bridgehead atoms. The van der Waals surface area contributed by atoms with Crippen molar-refractivity contribution in [3.05, 3.63) is 22.2 Å². The van der Waals surface area contributed by atoms with Crippen molar-refractivity contribution in [2.45, 2.75) is 26.7 Å². The first-order valence-electron chi connectivity index (χ1n) is 6.25.